The highest BCUT2D eigenvalue weighted by Gasteiger charge is 2.34. The lowest BCUT2D eigenvalue weighted by Gasteiger charge is -2.35. The summed E-state index contributed by atoms with van der Waals surface area (Å²) < 4.78 is 69.8. The van der Waals surface area contributed by atoms with E-state index in [1.54, 1.807) is 37.4 Å². The van der Waals surface area contributed by atoms with Gasteiger partial charge in [0.1, 0.15) is 16.9 Å². The number of H-pyrrole nitrogens is 3. The van der Waals surface area contributed by atoms with Gasteiger partial charge >= 0.3 is 0 Å². The van der Waals surface area contributed by atoms with Gasteiger partial charge in [0.25, 0.3) is 0 Å². The molecule has 9 aromatic heterocycles. The summed E-state index contributed by atoms with van der Waals surface area (Å²) in [6, 6.07) is 24.9. The van der Waals surface area contributed by atoms with Gasteiger partial charge in [-0.15, -0.1) is 0 Å². The number of nitrogens with zero attached hydrogens (tertiary/aromatic N) is 12. The molecule has 0 radical (unpaired) electrons. The first-order valence-electron chi connectivity index (χ1n) is 30.0. The van der Waals surface area contributed by atoms with E-state index in [1.807, 2.05) is 73.2 Å². The molecule has 6 fully saturated rings. The number of hydrogen-bond acceptors (Lipinski definition) is 18. The number of nitrogens with one attached hydrogen (secondary N) is 3. The van der Waals surface area contributed by atoms with Crippen LogP contribution in [0.1, 0.15) is 59.3 Å². The normalized spacial score (nSPS) is 21.9. The monoisotopic (exact) mass is 1230 g/mol. The van der Waals surface area contributed by atoms with Crippen molar-refractivity contribution in [2.75, 3.05) is 92.7 Å². The lowest BCUT2D eigenvalue weighted by molar-refractivity contribution is 0.0989. The van der Waals surface area contributed by atoms with Gasteiger partial charge in [-0.05, 0) is 114 Å². The van der Waals surface area contributed by atoms with Gasteiger partial charge in [-0.3, -0.25) is 0 Å². The molecule has 3 saturated heterocycles. The van der Waals surface area contributed by atoms with Gasteiger partial charge in [0.15, 0.2) is 17.5 Å². The fourth-order valence-electron chi connectivity index (χ4n) is 11.7. The molecule has 12 heterocycles. The summed E-state index contributed by atoms with van der Waals surface area (Å²) in [7, 11) is -6.84. The van der Waals surface area contributed by atoms with Crippen LogP contribution in [0.2, 0.25) is 0 Å². The van der Waals surface area contributed by atoms with Gasteiger partial charge in [-0.1, -0.05) is 0 Å². The molecule has 3 aliphatic heterocycles. The Morgan fingerprint density at radius 2 is 0.724 bits per heavy atom. The highest BCUT2D eigenvalue weighted by molar-refractivity contribution is 7.94. The number of morpholine rings is 3. The molecule has 24 heteroatoms. The number of ether oxygens (including phenoxy) is 3. The topological polar surface area (TPSA) is 250 Å². The Labute approximate surface area is 508 Å². The van der Waals surface area contributed by atoms with Gasteiger partial charge in [-0.25, -0.2) is 42.5 Å². The number of aromatic amines is 3. The highest BCUT2D eigenvalue weighted by atomic mass is 32.2. The van der Waals surface area contributed by atoms with Crippen LogP contribution in [0.4, 0.5) is 34.5 Å². The summed E-state index contributed by atoms with van der Waals surface area (Å²) in [5.74, 6) is 1.61. The van der Waals surface area contributed by atoms with E-state index in [9.17, 15) is 12.6 Å². The first-order chi connectivity index (χ1) is 42.0. The first kappa shape index (κ1) is 58.7. The van der Waals surface area contributed by atoms with Crippen molar-refractivity contribution in [2.45, 2.75) is 93.2 Å². The lowest BCUT2D eigenvalue weighted by atomic mass is 10.1. The Kier molecular flexibility index (Phi) is 16.4. The summed E-state index contributed by atoms with van der Waals surface area (Å²) >= 11 is 0. The Bertz CT molecular complexity index is 3970. The molecule has 0 spiro atoms. The lowest BCUT2D eigenvalue weighted by Crippen LogP contribution is -2.43. The van der Waals surface area contributed by atoms with E-state index in [1.165, 1.54) is 0 Å². The van der Waals surface area contributed by atoms with Crippen LogP contribution < -0.4 is 14.7 Å². The van der Waals surface area contributed by atoms with Crippen molar-refractivity contribution in [1.29, 1.82) is 0 Å². The molecule has 15 rings (SSSR count). The van der Waals surface area contributed by atoms with Gasteiger partial charge in [-0.2, -0.15) is 13.1 Å². The molecule has 6 atom stereocenters. The second-order valence-corrected chi connectivity index (χ2v) is 31.5. The minimum Gasteiger partial charge on any atom is -0.377 e. The van der Waals surface area contributed by atoms with Gasteiger partial charge < -0.3 is 43.9 Å². The molecular weight excluding hydrogens is 1160 g/mol. The van der Waals surface area contributed by atoms with Crippen LogP contribution in [-0.2, 0) is 43.4 Å². The zero-order valence-corrected chi connectivity index (χ0v) is 52.5. The second-order valence-electron chi connectivity index (χ2n) is 23.8. The molecule has 6 aliphatic rings. The van der Waals surface area contributed by atoms with E-state index in [0.717, 1.165) is 142 Å². The van der Waals surface area contributed by atoms with Crippen LogP contribution in [-0.4, -0.2) is 169 Å². The van der Waals surface area contributed by atoms with Crippen molar-refractivity contribution >= 4 is 96.8 Å². The number of aromatic nitrogens is 9. The van der Waals surface area contributed by atoms with Crippen molar-refractivity contribution < 1.29 is 26.8 Å². The molecule has 0 bridgehead atoms. The zero-order chi connectivity index (χ0) is 60.0. The SMILES string of the molecule is C[C@@H]1COCCN1c1cc(N=S(C)(=O)C2CC2)nc(-c2ccnc3[nH]ccc23)c1.C[C@@H]1COCCN1c1cc(N=[S@@](C)(=O)C2CC2)nc(-c2ccnc3[nH]ccc23)c1.C[C@@H]1COCCN1c1cc(N=[S@](C)(=O)C2CC2)nc(-c2ccnc3[nH]ccc23)c1. The highest BCUT2D eigenvalue weighted by Crippen LogP contribution is 2.40. The smallest absolute Gasteiger partial charge is 0.164 e. The van der Waals surface area contributed by atoms with Crippen LogP contribution in [0.5, 0.6) is 0 Å². The molecule has 87 heavy (non-hydrogen) atoms. The van der Waals surface area contributed by atoms with Crippen molar-refractivity contribution in [2.24, 2.45) is 13.1 Å². The number of anilines is 3. The number of pyridine rings is 6. The minimum absolute atomic E-state index is 0.191. The van der Waals surface area contributed by atoms with E-state index in [0.29, 0.717) is 57.1 Å². The Morgan fingerprint density at radius 1 is 0.437 bits per heavy atom. The third-order valence-electron chi connectivity index (χ3n) is 16.9. The molecule has 3 aliphatic carbocycles. The first-order valence-corrected chi connectivity index (χ1v) is 36.0. The number of hydrogen-bond donors (Lipinski definition) is 3. The zero-order valence-electron chi connectivity index (χ0n) is 50.0. The van der Waals surface area contributed by atoms with Crippen LogP contribution in [0.15, 0.2) is 123 Å². The van der Waals surface area contributed by atoms with E-state index in [4.69, 9.17) is 29.2 Å². The Morgan fingerprint density at radius 3 is 0.989 bits per heavy atom. The Balaban J connectivity index is 0.000000121. The maximum atomic E-state index is 13.0. The largest absolute Gasteiger partial charge is 0.377 e. The summed E-state index contributed by atoms with van der Waals surface area (Å²) in [5.41, 5.74) is 11.0. The average Bonchev–Trinajstić information content (AvgIpc) is 3.25. The van der Waals surface area contributed by atoms with Crippen molar-refractivity contribution in [3.05, 3.63) is 110 Å². The molecule has 3 N–H and O–H groups in total. The van der Waals surface area contributed by atoms with E-state index in [2.05, 4.69) is 96.7 Å². The van der Waals surface area contributed by atoms with Crippen LogP contribution in [0.3, 0.4) is 0 Å². The standard InChI is InChI=1S/3C21H25N5O2S/c3*1-14-13-28-10-9-26(14)15-11-19(17-5-7-22-21-18(17)6-8-23-21)24-20(12-15)25-29(2,27)16-3-4-16/h3*5-8,11-12,14,16H,3-4,9-10,13H2,1-2H3,(H,22,23)/t14-,29?;14-,29+;14-,29-/m111/s1. The number of fused-ring (bicyclic) bond motifs is 3. The predicted octanol–water partition coefficient (Wildman–Crippen LogP) is 11.2. The maximum Gasteiger partial charge on any atom is 0.164 e. The fraction of sp³-hybridized carbons (Fsp3) is 0.429. The van der Waals surface area contributed by atoms with Gasteiger partial charge in [0.05, 0.1) is 85.9 Å². The number of rotatable bonds is 12. The molecule has 3 saturated carbocycles. The third-order valence-corrected chi connectivity index (χ3v) is 23.7. The molecule has 0 amide bonds. The molecule has 456 valence electrons. The molecule has 9 aromatic rings. The van der Waals surface area contributed by atoms with Gasteiger partial charge in [0.2, 0.25) is 0 Å². The van der Waals surface area contributed by atoms with Gasteiger partial charge in [0, 0.05) is 178 Å². The fourth-order valence-corrected chi connectivity index (χ4v) is 16.6. The summed E-state index contributed by atoms with van der Waals surface area (Å²) in [6.07, 6.45) is 22.2. The van der Waals surface area contributed by atoms with E-state index >= 15 is 0 Å². The molecule has 1 unspecified atom stereocenters. The van der Waals surface area contributed by atoms with Crippen LogP contribution >= 0.6 is 0 Å². The Hall–Kier alpha value is -7.35. The third kappa shape index (κ3) is 13.1. The predicted molar refractivity (Wildman–Crippen MR) is 348 cm³/mol. The average molecular weight is 1230 g/mol. The maximum absolute atomic E-state index is 13.0. The van der Waals surface area contributed by atoms with Crippen molar-refractivity contribution in [3.8, 4) is 33.8 Å². The minimum atomic E-state index is -2.28. The summed E-state index contributed by atoms with van der Waals surface area (Å²) in [6.45, 7) is 13.0. The van der Waals surface area contributed by atoms with Crippen LogP contribution in [0, 0.1) is 0 Å². The molecule has 0 aromatic carbocycles. The molecule has 21 nitrogen and oxygen atoms in total. The van der Waals surface area contributed by atoms with Crippen molar-refractivity contribution in [1.82, 2.24) is 44.9 Å². The molecular formula is C63H75N15O6S3. The summed E-state index contributed by atoms with van der Waals surface area (Å²) in [4.78, 5) is 44.0. The van der Waals surface area contributed by atoms with Crippen LogP contribution in [0.25, 0.3) is 66.9 Å². The summed E-state index contributed by atoms with van der Waals surface area (Å²) in [5, 5.41) is 3.61. The van der Waals surface area contributed by atoms with Crippen molar-refractivity contribution in [3.63, 3.8) is 0 Å². The quantitative estimate of drug-likeness (QED) is 0.103. The van der Waals surface area contributed by atoms with E-state index in [-0.39, 0.29) is 33.9 Å². The van der Waals surface area contributed by atoms with E-state index < -0.39 is 29.2 Å². The second kappa shape index (κ2) is 24.3.